The van der Waals surface area contributed by atoms with E-state index in [-0.39, 0.29) is 6.03 Å². The van der Waals surface area contributed by atoms with Crippen LogP contribution in [0.3, 0.4) is 0 Å². The van der Waals surface area contributed by atoms with Crippen molar-refractivity contribution in [3.8, 4) is 0 Å². The van der Waals surface area contributed by atoms with Gasteiger partial charge in [-0.2, -0.15) is 0 Å². The molecule has 7 heteroatoms. The summed E-state index contributed by atoms with van der Waals surface area (Å²) in [6.45, 7) is 4.28. The lowest BCUT2D eigenvalue weighted by molar-refractivity contribution is 0.195. The molecular formula is C13H17N5OS. The molecule has 0 saturated carbocycles. The number of nitrogens with zero attached hydrogens (tertiary/aromatic N) is 3. The maximum absolute atomic E-state index is 11.7. The first-order chi connectivity index (χ1) is 9.74. The quantitative estimate of drug-likeness (QED) is 0.885. The van der Waals surface area contributed by atoms with E-state index in [1.54, 1.807) is 24.7 Å². The number of carbonyl (C=O) groups excluding carboxylic acids is 1. The van der Waals surface area contributed by atoms with Crippen molar-refractivity contribution in [2.45, 2.75) is 19.9 Å². The number of amides is 2. The molecule has 3 rings (SSSR count). The average Bonchev–Trinajstić information content (AvgIpc) is 2.85. The Bertz CT molecular complexity index is 653. The highest BCUT2D eigenvalue weighted by atomic mass is 32.1. The molecule has 0 saturated heterocycles. The number of thiophene rings is 1. The number of fused-ring (bicyclic) bond motifs is 3. The van der Waals surface area contributed by atoms with Gasteiger partial charge in [0.15, 0.2) is 0 Å². The Balaban J connectivity index is 2.03. The molecule has 2 amide bonds. The second kappa shape index (κ2) is 5.24. The van der Waals surface area contributed by atoms with Gasteiger partial charge >= 0.3 is 6.03 Å². The SMILES string of the molecule is CCNc1ncnc2sc3c(c12)CCN(C(=O)NC)C3. The zero-order chi connectivity index (χ0) is 14.1. The van der Waals surface area contributed by atoms with E-state index in [0.717, 1.165) is 35.5 Å². The number of carbonyl (C=O) groups is 1. The number of urea groups is 1. The van der Waals surface area contributed by atoms with E-state index < -0.39 is 0 Å². The summed E-state index contributed by atoms with van der Waals surface area (Å²) in [5, 5.41) is 7.11. The van der Waals surface area contributed by atoms with Gasteiger partial charge in [0.2, 0.25) is 0 Å². The van der Waals surface area contributed by atoms with Crippen molar-refractivity contribution in [3.63, 3.8) is 0 Å². The van der Waals surface area contributed by atoms with Gasteiger partial charge in [-0.1, -0.05) is 0 Å². The van der Waals surface area contributed by atoms with Gasteiger partial charge in [0, 0.05) is 25.0 Å². The van der Waals surface area contributed by atoms with Crippen LogP contribution < -0.4 is 10.6 Å². The number of hydrogen-bond acceptors (Lipinski definition) is 5. The Morgan fingerprint density at radius 1 is 1.50 bits per heavy atom. The molecule has 2 aromatic heterocycles. The number of anilines is 1. The van der Waals surface area contributed by atoms with E-state index in [2.05, 4.69) is 27.5 Å². The van der Waals surface area contributed by atoms with Gasteiger partial charge in [-0.25, -0.2) is 14.8 Å². The van der Waals surface area contributed by atoms with Crippen molar-refractivity contribution in [1.29, 1.82) is 0 Å². The molecule has 6 nitrogen and oxygen atoms in total. The van der Waals surface area contributed by atoms with Crippen molar-refractivity contribution in [1.82, 2.24) is 20.2 Å². The first-order valence-electron chi connectivity index (χ1n) is 6.70. The molecule has 106 valence electrons. The summed E-state index contributed by atoms with van der Waals surface area (Å²) in [6, 6.07) is -0.0221. The zero-order valence-corrected chi connectivity index (χ0v) is 12.4. The monoisotopic (exact) mass is 291 g/mol. The predicted octanol–water partition coefficient (Wildman–Crippen LogP) is 1.82. The summed E-state index contributed by atoms with van der Waals surface area (Å²) in [6.07, 6.45) is 2.45. The van der Waals surface area contributed by atoms with Crippen LogP contribution in [0, 0.1) is 0 Å². The van der Waals surface area contributed by atoms with Gasteiger partial charge in [0.05, 0.1) is 11.9 Å². The summed E-state index contributed by atoms with van der Waals surface area (Å²) in [5.41, 5.74) is 1.29. The molecule has 0 fully saturated rings. The van der Waals surface area contributed by atoms with E-state index in [1.165, 1.54) is 10.4 Å². The lowest BCUT2D eigenvalue weighted by Crippen LogP contribution is -2.40. The van der Waals surface area contributed by atoms with Gasteiger partial charge in [-0.15, -0.1) is 11.3 Å². The van der Waals surface area contributed by atoms with E-state index in [4.69, 9.17) is 0 Å². The molecule has 0 aromatic carbocycles. The van der Waals surface area contributed by atoms with Crippen LogP contribution in [0.25, 0.3) is 10.2 Å². The molecule has 2 aromatic rings. The molecule has 0 radical (unpaired) electrons. The third-order valence-corrected chi connectivity index (χ3v) is 4.61. The molecule has 0 spiro atoms. The number of aromatic nitrogens is 2. The minimum atomic E-state index is -0.0221. The fourth-order valence-corrected chi connectivity index (χ4v) is 3.76. The molecule has 1 aliphatic heterocycles. The van der Waals surface area contributed by atoms with E-state index in [1.807, 2.05) is 4.90 Å². The molecule has 1 aliphatic rings. The summed E-state index contributed by atoms with van der Waals surface area (Å²) >= 11 is 1.66. The fourth-order valence-electron chi connectivity index (χ4n) is 2.56. The third kappa shape index (κ3) is 2.07. The van der Waals surface area contributed by atoms with E-state index >= 15 is 0 Å². The van der Waals surface area contributed by atoms with Gasteiger partial charge in [-0.3, -0.25) is 0 Å². The standard InChI is InChI=1S/C13H17N5OS/c1-3-15-11-10-8-4-5-18(13(19)14-2)6-9(8)20-12(10)17-7-16-11/h7H,3-6H2,1-2H3,(H,14,19)(H,15,16,17). The summed E-state index contributed by atoms with van der Waals surface area (Å²) in [4.78, 5) is 24.5. The smallest absolute Gasteiger partial charge is 0.317 e. The van der Waals surface area contributed by atoms with Crippen LogP contribution in [-0.4, -0.2) is 41.0 Å². The summed E-state index contributed by atoms with van der Waals surface area (Å²) in [5.74, 6) is 0.906. The largest absolute Gasteiger partial charge is 0.370 e. The lowest BCUT2D eigenvalue weighted by Gasteiger charge is -2.26. The molecule has 2 N–H and O–H groups in total. The summed E-state index contributed by atoms with van der Waals surface area (Å²) in [7, 11) is 1.66. The molecule has 0 unspecified atom stereocenters. The van der Waals surface area contributed by atoms with Crippen molar-refractivity contribution >= 4 is 33.4 Å². The third-order valence-electron chi connectivity index (χ3n) is 3.48. The molecular weight excluding hydrogens is 274 g/mol. The number of nitrogens with one attached hydrogen (secondary N) is 2. The Kier molecular flexibility index (Phi) is 3.43. The van der Waals surface area contributed by atoms with Gasteiger partial charge in [0.25, 0.3) is 0 Å². The van der Waals surface area contributed by atoms with Gasteiger partial charge < -0.3 is 15.5 Å². The Morgan fingerprint density at radius 2 is 2.35 bits per heavy atom. The van der Waals surface area contributed by atoms with Crippen LogP contribution in [0.2, 0.25) is 0 Å². The van der Waals surface area contributed by atoms with Crippen molar-refractivity contribution in [2.75, 3.05) is 25.5 Å². The highest BCUT2D eigenvalue weighted by Crippen LogP contribution is 2.37. The van der Waals surface area contributed by atoms with Crippen molar-refractivity contribution in [2.24, 2.45) is 0 Å². The van der Waals surface area contributed by atoms with Crippen LogP contribution in [0.5, 0.6) is 0 Å². The second-order valence-electron chi connectivity index (χ2n) is 4.66. The molecule has 20 heavy (non-hydrogen) atoms. The Labute approximate surface area is 121 Å². The van der Waals surface area contributed by atoms with Crippen LogP contribution in [0.4, 0.5) is 10.6 Å². The second-order valence-corrected chi connectivity index (χ2v) is 5.75. The zero-order valence-electron chi connectivity index (χ0n) is 11.6. The van der Waals surface area contributed by atoms with Crippen LogP contribution in [-0.2, 0) is 13.0 Å². The number of hydrogen-bond donors (Lipinski definition) is 2. The van der Waals surface area contributed by atoms with E-state index in [0.29, 0.717) is 6.54 Å². The summed E-state index contributed by atoms with van der Waals surface area (Å²) < 4.78 is 0. The first-order valence-corrected chi connectivity index (χ1v) is 7.52. The predicted molar refractivity (Wildman–Crippen MR) is 80.1 cm³/mol. The molecule has 0 atom stereocenters. The highest BCUT2D eigenvalue weighted by Gasteiger charge is 2.25. The molecule has 3 heterocycles. The van der Waals surface area contributed by atoms with Gasteiger partial charge in [0.1, 0.15) is 17.0 Å². The average molecular weight is 291 g/mol. The topological polar surface area (TPSA) is 70.2 Å². The molecule has 0 bridgehead atoms. The molecule has 0 aliphatic carbocycles. The van der Waals surface area contributed by atoms with Crippen LogP contribution >= 0.6 is 11.3 Å². The van der Waals surface area contributed by atoms with Crippen LogP contribution in [0.1, 0.15) is 17.4 Å². The van der Waals surface area contributed by atoms with Crippen molar-refractivity contribution < 1.29 is 4.79 Å². The van der Waals surface area contributed by atoms with E-state index in [9.17, 15) is 4.79 Å². The minimum absolute atomic E-state index is 0.0221. The fraction of sp³-hybridized carbons (Fsp3) is 0.462. The minimum Gasteiger partial charge on any atom is -0.370 e. The lowest BCUT2D eigenvalue weighted by atomic mass is 10.1. The van der Waals surface area contributed by atoms with Crippen LogP contribution in [0.15, 0.2) is 6.33 Å². The maximum Gasteiger partial charge on any atom is 0.317 e. The Morgan fingerprint density at radius 3 is 3.10 bits per heavy atom. The highest BCUT2D eigenvalue weighted by molar-refractivity contribution is 7.19. The Hall–Kier alpha value is -1.89. The normalized spacial score (nSPS) is 14.2. The number of rotatable bonds is 2. The van der Waals surface area contributed by atoms with Gasteiger partial charge in [-0.05, 0) is 18.9 Å². The first kappa shape index (κ1) is 13.1. The maximum atomic E-state index is 11.7. The van der Waals surface area contributed by atoms with Crippen molar-refractivity contribution in [3.05, 3.63) is 16.8 Å².